The van der Waals surface area contributed by atoms with Gasteiger partial charge in [0.1, 0.15) is 23.0 Å². The average molecular weight is 348 g/mol. The van der Waals surface area contributed by atoms with Crippen LogP contribution in [0.3, 0.4) is 0 Å². The van der Waals surface area contributed by atoms with Crippen molar-refractivity contribution in [3.63, 3.8) is 0 Å². The lowest BCUT2D eigenvalue weighted by molar-refractivity contribution is 0.247. The quantitative estimate of drug-likeness (QED) is 0.736. The van der Waals surface area contributed by atoms with Gasteiger partial charge in [0.15, 0.2) is 0 Å². The highest BCUT2D eigenvalue weighted by atomic mass is 16.5. The summed E-state index contributed by atoms with van der Waals surface area (Å²) in [5, 5.41) is 19.4. The highest BCUT2D eigenvalue weighted by Crippen LogP contribution is 2.47. The molecule has 0 spiro atoms. The van der Waals surface area contributed by atoms with Gasteiger partial charge in [-0.1, -0.05) is 30.3 Å². The van der Waals surface area contributed by atoms with Crippen LogP contribution in [-0.2, 0) is 0 Å². The second kappa shape index (κ2) is 6.64. The highest BCUT2D eigenvalue weighted by Gasteiger charge is 2.33. The summed E-state index contributed by atoms with van der Waals surface area (Å²) in [6, 6.07) is 20.6. The Morgan fingerprint density at radius 2 is 1.50 bits per heavy atom. The van der Waals surface area contributed by atoms with Crippen LogP contribution in [0.2, 0.25) is 0 Å². The predicted molar refractivity (Wildman–Crippen MR) is 99.3 cm³/mol. The van der Waals surface area contributed by atoms with Crippen molar-refractivity contribution >= 4 is 0 Å². The van der Waals surface area contributed by atoms with Gasteiger partial charge >= 0.3 is 0 Å². The second-order valence-electron chi connectivity index (χ2n) is 6.48. The maximum Gasteiger partial charge on any atom is 0.126 e. The van der Waals surface area contributed by atoms with Gasteiger partial charge in [-0.2, -0.15) is 0 Å². The van der Waals surface area contributed by atoms with E-state index in [-0.39, 0.29) is 23.3 Å². The first-order valence-electron chi connectivity index (χ1n) is 8.54. The number of fused-ring (bicyclic) bond motifs is 1. The summed E-state index contributed by atoms with van der Waals surface area (Å²) < 4.78 is 11.2. The van der Waals surface area contributed by atoms with Crippen LogP contribution in [-0.4, -0.2) is 23.9 Å². The van der Waals surface area contributed by atoms with Gasteiger partial charge in [0, 0.05) is 23.5 Å². The number of methoxy groups -OCH3 is 1. The first-order valence-corrected chi connectivity index (χ1v) is 8.54. The summed E-state index contributed by atoms with van der Waals surface area (Å²) in [4.78, 5) is 0. The smallest absolute Gasteiger partial charge is 0.126 e. The molecule has 3 aromatic carbocycles. The molecule has 0 fully saturated rings. The third-order valence-corrected chi connectivity index (χ3v) is 4.95. The number of hydrogen-bond acceptors (Lipinski definition) is 4. The number of phenolic OH excluding ortho intramolecular Hbond substituents is 2. The van der Waals surface area contributed by atoms with Crippen LogP contribution in [0.4, 0.5) is 0 Å². The Morgan fingerprint density at radius 3 is 2.19 bits per heavy atom. The van der Waals surface area contributed by atoms with Gasteiger partial charge < -0.3 is 19.7 Å². The number of hydrogen-bond donors (Lipinski definition) is 2. The first-order chi connectivity index (χ1) is 12.7. The maximum atomic E-state index is 9.80. The Labute approximate surface area is 152 Å². The van der Waals surface area contributed by atoms with E-state index in [0.717, 1.165) is 22.4 Å². The summed E-state index contributed by atoms with van der Waals surface area (Å²) in [5.74, 6) is 2.14. The first kappa shape index (κ1) is 16.3. The molecule has 0 amide bonds. The monoisotopic (exact) mass is 348 g/mol. The molecular weight excluding hydrogens is 328 g/mol. The number of rotatable bonds is 3. The van der Waals surface area contributed by atoms with Crippen molar-refractivity contribution < 1.29 is 19.7 Å². The topological polar surface area (TPSA) is 58.9 Å². The molecule has 4 rings (SSSR count). The number of benzene rings is 3. The summed E-state index contributed by atoms with van der Waals surface area (Å²) in [6.07, 6.45) is 0. The van der Waals surface area contributed by atoms with Crippen molar-refractivity contribution in [1.82, 2.24) is 0 Å². The molecule has 132 valence electrons. The number of phenols is 2. The molecule has 0 radical (unpaired) electrons. The largest absolute Gasteiger partial charge is 0.508 e. The Kier molecular flexibility index (Phi) is 4.17. The van der Waals surface area contributed by atoms with Crippen molar-refractivity contribution in [3.8, 4) is 23.0 Å². The van der Waals surface area contributed by atoms with E-state index >= 15 is 0 Å². The van der Waals surface area contributed by atoms with Gasteiger partial charge in [0.2, 0.25) is 0 Å². The van der Waals surface area contributed by atoms with E-state index in [4.69, 9.17) is 9.47 Å². The van der Waals surface area contributed by atoms with E-state index in [2.05, 4.69) is 12.1 Å². The molecule has 3 aromatic rings. The average Bonchev–Trinajstić information content (AvgIpc) is 2.68. The fourth-order valence-electron chi connectivity index (χ4n) is 3.63. The minimum absolute atomic E-state index is 0.0785. The van der Waals surface area contributed by atoms with E-state index in [9.17, 15) is 10.2 Å². The molecule has 0 saturated carbocycles. The van der Waals surface area contributed by atoms with Crippen LogP contribution in [0.1, 0.15) is 28.5 Å². The minimum Gasteiger partial charge on any atom is -0.508 e. The molecular formula is C22H20O4. The van der Waals surface area contributed by atoms with E-state index in [1.54, 1.807) is 31.4 Å². The molecule has 4 heteroatoms. The van der Waals surface area contributed by atoms with Crippen LogP contribution in [0.15, 0.2) is 66.7 Å². The van der Waals surface area contributed by atoms with E-state index in [1.807, 2.05) is 30.3 Å². The molecule has 1 heterocycles. The minimum atomic E-state index is 0.0785. The fourth-order valence-corrected chi connectivity index (χ4v) is 3.63. The molecule has 2 N–H and O–H groups in total. The van der Waals surface area contributed by atoms with E-state index in [0.29, 0.717) is 12.4 Å². The molecule has 0 aliphatic carbocycles. The molecule has 2 atom stereocenters. The zero-order valence-corrected chi connectivity index (χ0v) is 14.4. The van der Waals surface area contributed by atoms with E-state index in [1.165, 1.54) is 0 Å². The predicted octanol–water partition coefficient (Wildman–Crippen LogP) is 4.41. The van der Waals surface area contributed by atoms with Crippen molar-refractivity contribution in [2.75, 3.05) is 13.7 Å². The van der Waals surface area contributed by atoms with Crippen LogP contribution in [0.25, 0.3) is 0 Å². The highest BCUT2D eigenvalue weighted by molar-refractivity contribution is 5.51. The van der Waals surface area contributed by atoms with Crippen molar-refractivity contribution in [2.24, 2.45) is 0 Å². The fraction of sp³-hybridized carbons (Fsp3) is 0.182. The van der Waals surface area contributed by atoms with Crippen LogP contribution in [0, 0.1) is 0 Å². The molecule has 1 aliphatic heterocycles. The Balaban J connectivity index is 1.82. The van der Waals surface area contributed by atoms with Crippen molar-refractivity contribution in [3.05, 3.63) is 83.4 Å². The van der Waals surface area contributed by atoms with Gasteiger partial charge in [-0.05, 0) is 41.5 Å². The molecule has 0 aromatic heterocycles. The second-order valence-corrected chi connectivity index (χ2v) is 6.48. The third-order valence-electron chi connectivity index (χ3n) is 4.95. The standard InChI is InChI=1S/C22H20O4/c1-25-18-9-4-15(5-10-18)22-19-11-8-17(24)12-21(19)26-13-20(22)14-2-6-16(23)7-3-14/h2-12,20,22-24H,13H2,1H3/t20-,22+/m0/s1. The molecule has 1 aliphatic rings. The lowest BCUT2D eigenvalue weighted by atomic mass is 9.76. The number of ether oxygens (including phenoxy) is 2. The molecule has 0 unspecified atom stereocenters. The van der Waals surface area contributed by atoms with Crippen LogP contribution < -0.4 is 9.47 Å². The molecule has 0 bridgehead atoms. The number of aromatic hydroxyl groups is 2. The van der Waals surface area contributed by atoms with Crippen LogP contribution in [0.5, 0.6) is 23.0 Å². The SMILES string of the molecule is COc1ccc([C@@H]2c3ccc(O)cc3OC[C@H]2c2ccc(O)cc2)cc1. The third kappa shape index (κ3) is 2.94. The normalized spacial score (nSPS) is 18.7. The Morgan fingerprint density at radius 1 is 0.846 bits per heavy atom. The van der Waals surface area contributed by atoms with Crippen LogP contribution >= 0.6 is 0 Å². The van der Waals surface area contributed by atoms with Gasteiger partial charge in [-0.25, -0.2) is 0 Å². The summed E-state index contributed by atoms with van der Waals surface area (Å²) in [6.45, 7) is 0.498. The van der Waals surface area contributed by atoms with Gasteiger partial charge in [-0.15, -0.1) is 0 Å². The Bertz CT molecular complexity index is 900. The lowest BCUT2D eigenvalue weighted by Gasteiger charge is -2.34. The maximum absolute atomic E-state index is 9.80. The summed E-state index contributed by atoms with van der Waals surface area (Å²) >= 11 is 0. The Hall–Kier alpha value is -3.14. The van der Waals surface area contributed by atoms with E-state index < -0.39 is 0 Å². The zero-order valence-electron chi connectivity index (χ0n) is 14.4. The zero-order chi connectivity index (χ0) is 18.1. The molecule has 4 nitrogen and oxygen atoms in total. The van der Waals surface area contributed by atoms with Crippen molar-refractivity contribution in [1.29, 1.82) is 0 Å². The molecule has 0 saturated heterocycles. The lowest BCUT2D eigenvalue weighted by Crippen LogP contribution is -2.25. The van der Waals surface area contributed by atoms with Gasteiger partial charge in [0.05, 0.1) is 13.7 Å². The van der Waals surface area contributed by atoms with Crippen molar-refractivity contribution in [2.45, 2.75) is 11.8 Å². The van der Waals surface area contributed by atoms with Gasteiger partial charge in [0.25, 0.3) is 0 Å². The van der Waals surface area contributed by atoms with Gasteiger partial charge in [-0.3, -0.25) is 0 Å². The molecule has 26 heavy (non-hydrogen) atoms. The summed E-state index contributed by atoms with van der Waals surface area (Å²) in [7, 11) is 1.65. The summed E-state index contributed by atoms with van der Waals surface area (Å²) in [5.41, 5.74) is 3.29.